The molecular formula is C32H24F6O3. The molecule has 0 spiro atoms. The van der Waals surface area contributed by atoms with Crippen LogP contribution in [-0.4, -0.2) is 17.9 Å². The van der Waals surface area contributed by atoms with Gasteiger partial charge in [-0.3, -0.25) is 14.4 Å². The predicted molar refractivity (Wildman–Crippen MR) is 145 cm³/mol. The molecule has 9 heteroatoms. The monoisotopic (exact) mass is 570 g/mol. The Bertz CT molecular complexity index is 1460. The minimum atomic E-state index is -4.38. The molecule has 0 aliphatic carbocycles. The number of allylic oxidation sites excluding steroid dienone is 1. The topological polar surface area (TPSA) is 51.2 Å². The average molecular weight is 571 g/mol. The lowest BCUT2D eigenvalue weighted by Crippen LogP contribution is -2.04. The van der Waals surface area contributed by atoms with Crippen LogP contribution in [0, 0.1) is 0 Å². The Kier molecular flexibility index (Phi) is 12.0. The van der Waals surface area contributed by atoms with E-state index >= 15 is 0 Å². The lowest BCUT2D eigenvalue weighted by Gasteiger charge is -2.06. The van der Waals surface area contributed by atoms with Gasteiger partial charge < -0.3 is 0 Å². The van der Waals surface area contributed by atoms with Crippen LogP contribution in [0.15, 0.2) is 115 Å². The highest BCUT2D eigenvalue weighted by Crippen LogP contribution is 2.30. The molecule has 0 atom stereocenters. The average Bonchev–Trinajstić information content (AvgIpc) is 2.97. The lowest BCUT2D eigenvalue weighted by molar-refractivity contribution is -0.138. The highest BCUT2D eigenvalue weighted by molar-refractivity contribution is 6.06. The highest BCUT2D eigenvalue weighted by Gasteiger charge is 2.30. The number of ketones is 2. The molecule has 0 N–H and O–H groups in total. The Hall–Kier alpha value is -4.79. The van der Waals surface area contributed by atoms with Gasteiger partial charge in [0.15, 0.2) is 11.6 Å². The number of Topliss-reactive ketones (excluding diaryl/α,β-unsaturated/α-hetero) is 1. The number of rotatable bonds is 5. The van der Waals surface area contributed by atoms with Gasteiger partial charge in [0.2, 0.25) is 0 Å². The minimum absolute atomic E-state index is 0.0322. The molecule has 0 aromatic heterocycles. The van der Waals surface area contributed by atoms with Crippen molar-refractivity contribution in [3.05, 3.63) is 149 Å². The third-order valence-electron chi connectivity index (χ3n) is 5.23. The summed E-state index contributed by atoms with van der Waals surface area (Å²) in [6, 6.07) is 26.9. The standard InChI is InChI=1S/C16H11F3O.C8H5F3O.C8H8O/c17-16(18,19)14-8-4-5-12(11-14)9-10-15(20)13-6-2-1-3-7-13;9-8(10,11)7-3-1-2-6(4-7)5-12;1-7(9)8-5-3-2-4-6-8/h1-11H;1-5H;2-6H,1H3/b10-9+;;. The van der Waals surface area contributed by atoms with Gasteiger partial charge in [-0.2, -0.15) is 26.3 Å². The van der Waals surface area contributed by atoms with Crippen LogP contribution in [0.25, 0.3) is 6.08 Å². The Labute approximate surface area is 232 Å². The van der Waals surface area contributed by atoms with Gasteiger partial charge in [0.25, 0.3) is 0 Å². The first-order chi connectivity index (χ1) is 19.3. The fourth-order valence-electron chi connectivity index (χ4n) is 3.15. The maximum atomic E-state index is 12.5. The highest BCUT2D eigenvalue weighted by atomic mass is 19.4. The molecule has 212 valence electrons. The molecule has 0 amide bonds. The van der Waals surface area contributed by atoms with E-state index in [-0.39, 0.29) is 17.1 Å². The molecule has 0 heterocycles. The van der Waals surface area contributed by atoms with Crippen molar-refractivity contribution in [3.63, 3.8) is 0 Å². The van der Waals surface area contributed by atoms with Gasteiger partial charge in [-0.25, -0.2) is 0 Å². The van der Waals surface area contributed by atoms with Crippen LogP contribution in [0.4, 0.5) is 26.3 Å². The Balaban J connectivity index is 0.000000237. The normalized spacial score (nSPS) is 11.0. The van der Waals surface area contributed by atoms with Gasteiger partial charge in [0.05, 0.1) is 11.1 Å². The number of aldehydes is 1. The molecule has 0 bridgehead atoms. The molecular weight excluding hydrogens is 546 g/mol. The first kappa shape index (κ1) is 32.4. The van der Waals surface area contributed by atoms with Crippen LogP contribution in [-0.2, 0) is 12.4 Å². The van der Waals surface area contributed by atoms with Crippen LogP contribution >= 0.6 is 0 Å². The summed E-state index contributed by atoms with van der Waals surface area (Å²) in [6.45, 7) is 1.56. The van der Waals surface area contributed by atoms with Crippen molar-refractivity contribution >= 4 is 23.9 Å². The summed E-state index contributed by atoms with van der Waals surface area (Å²) >= 11 is 0. The molecule has 3 nitrogen and oxygen atoms in total. The number of benzene rings is 4. The van der Waals surface area contributed by atoms with E-state index in [1.165, 1.54) is 36.4 Å². The van der Waals surface area contributed by atoms with Gasteiger partial charge in [-0.15, -0.1) is 0 Å². The second-order valence-electron chi connectivity index (χ2n) is 8.35. The summed E-state index contributed by atoms with van der Waals surface area (Å²) in [5.41, 5.74) is 0.112. The predicted octanol–water partition coefficient (Wildman–Crippen LogP) is 9.01. The number of alkyl halides is 6. The van der Waals surface area contributed by atoms with Crippen LogP contribution < -0.4 is 0 Å². The molecule has 0 saturated heterocycles. The summed E-state index contributed by atoms with van der Waals surface area (Å²) < 4.78 is 73.6. The van der Waals surface area contributed by atoms with Gasteiger partial charge in [0, 0.05) is 16.7 Å². The number of carbonyl (C=O) groups excluding carboxylic acids is 3. The van der Waals surface area contributed by atoms with Crippen molar-refractivity contribution in [1.29, 1.82) is 0 Å². The second kappa shape index (κ2) is 15.1. The number of hydrogen-bond donors (Lipinski definition) is 0. The molecule has 0 saturated carbocycles. The lowest BCUT2D eigenvalue weighted by atomic mass is 10.1. The Morgan fingerprint density at radius 1 is 0.585 bits per heavy atom. The number of halogens is 6. The van der Waals surface area contributed by atoms with E-state index in [9.17, 15) is 40.7 Å². The van der Waals surface area contributed by atoms with E-state index < -0.39 is 23.5 Å². The largest absolute Gasteiger partial charge is 0.416 e. The van der Waals surface area contributed by atoms with E-state index in [1.54, 1.807) is 37.3 Å². The van der Waals surface area contributed by atoms with Crippen LogP contribution in [0.5, 0.6) is 0 Å². The maximum Gasteiger partial charge on any atom is 0.416 e. The van der Waals surface area contributed by atoms with Gasteiger partial charge in [0.1, 0.15) is 6.29 Å². The van der Waals surface area contributed by atoms with E-state index in [2.05, 4.69) is 0 Å². The van der Waals surface area contributed by atoms with E-state index in [1.807, 2.05) is 30.3 Å². The fourth-order valence-corrected chi connectivity index (χ4v) is 3.15. The third kappa shape index (κ3) is 11.5. The zero-order chi connectivity index (χ0) is 30.5. The minimum Gasteiger partial charge on any atom is -0.298 e. The summed E-state index contributed by atoms with van der Waals surface area (Å²) in [5, 5.41) is 0. The van der Waals surface area contributed by atoms with Gasteiger partial charge >= 0.3 is 12.4 Å². The summed E-state index contributed by atoms with van der Waals surface area (Å²) in [5.74, 6) is -0.126. The number of carbonyl (C=O) groups is 3. The van der Waals surface area contributed by atoms with Crippen LogP contribution in [0.1, 0.15) is 54.7 Å². The molecule has 4 aromatic carbocycles. The summed E-state index contributed by atoms with van der Waals surface area (Å²) in [7, 11) is 0. The van der Waals surface area contributed by atoms with Crippen molar-refractivity contribution in [3.8, 4) is 0 Å². The van der Waals surface area contributed by atoms with Gasteiger partial charge in [-0.05, 0) is 42.8 Å². The molecule has 0 unspecified atom stereocenters. The first-order valence-corrected chi connectivity index (χ1v) is 11.9. The molecule has 0 aliphatic rings. The second-order valence-corrected chi connectivity index (χ2v) is 8.35. The Morgan fingerprint density at radius 3 is 1.44 bits per heavy atom. The summed E-state index contributed by atoms with van der Waals surface area (Å²) in [4.78, 5) is 32.6. The fraction of sp³-hybridized carbons (Fsp3) is 0.0938. The van der Waals surface area contributed by atoms with Crippen molar-refractivity contribution in [1.82, 2.24) is 0 Å². The summed E-state index contributed by atoms with van der Waals surface area (Å²) in [6.07, 6.45) is -5.73. The van der Waals surface area contributed by atoms with E-state index in [0.29, 0.717) is 17.4 Å². The van der Waals surface area contributed by atoms with Crippen molar-refractivity contribution in [2.75, 3.05) is 0 Å². The van der Waals surface area contributed by atoms with Gasteiger partial charge in [-0.1, -0.05) is 91.0 Å². The number of hydrogen-bond acceptors (Lipinski definition) is 3. The zero-order valence-electron chi connectivity index (χ0n) is 21.6. The first-order valence-electron chi connectivity index (χ1n) is 11.9. The molecule has 0 fully saturated rings. The van der Waals surface area contributed by atoms with Crippen molar-refractivity contribution in [2.24, 2.45) is 0 Å². The smallest absolute Gasteiger partial charge is 0.298 e. The van der Waals surface area contributed by atoms with Crippen molar-refractivity contribution in [2.45, 2.75) is 19.3 Å². The van der Waals surface area contributed by atoms with Crippen molar-refractivity contribution < 1.29 is 40.7 Å². The van der Waals surface area contributed by atoms with Crippen LogP contribution in [0.3, 0.4) is 0 Å². The molecule has 4 rings (SSSR count). The third-order valence-corrected chi connectivity index (χ3v) is 5.23. The molecule has 0 aliphatic heterocycles. The molecule has 4 aromatic rings. The SMILES string of the molecule is CC(=O)c1ccccc1.O=C(/C=C/c1cccc(C(F)(F)F)c1)c1ccccc1.O=Cc1cccc(C(F)(F)F)c1. The van der Waals surface area contributed by atoms with E-state index in [0.717, 1.165) is 29.8 Å². The Morgan fingerprint density at radius 2 is 1.02 bits per heavy atom. The quantitative estimate of drug-likeness (QED) is 0.104. The maximum absolute atomic E-state index is 12.5. The van der Waals surface area contributed by atoms with E-state index in [4.69, 9.17) is 0 Å². The zero-order valence-corrected chi connectivity index (χ0v) is 21.6. The van der Waals surface area contributed by atoms with Crippen LogP contribution in [0.2, 0.25) is 0 Å². The molecule has 0 radical (unpaired) electrons. The molecule has 41 heavy (non-hydrogen) atoms.